The molecule has 0 aliphatic carbocycles. The Kier molecular flexibility index (Phi) is 3.24. The Balaban J connectivity index is 1.46. The molecule has 26 heavy (non-hydrogen) atoms. The third kappa shape index (κ3) is 2.00. The van der Waals surface area contributed by atoms with Crippen molar-refractivity contribution in [3.63, 3.8) is 0 Å². The number of hydrogen-bond acceptors (Lipinski definition) is 5. The fraction of sp³-hybridized carbons (Fsp3) is 0.421. The summed E-state index contributed by atoms with van der Waals surface area (Å²) < 4.78 is 11.6. The highest BCUT2D eigenvalue weighted by Gasteiger charge is 2.65. The van der Waals surface area contributed by atoms with Gasteiger partial charge in [0.2, 0.25) is 5.91 Å². The minimum atomic E-state index is -0.717. The van der Waals surface area contributed by atoms with E-state index in [0.29, 0.717) is 37.4 Å². The molecule has 7 heteroatoms. The van der Waals surface area contributed by atoms with Gasteiger partial charge in [-0.3, -0.25) is 9.59 Å². The van der Waals surface area contributed by atoms with E-state index in [1.165, 1.54) is 6.39 Å². The lowest BCUT2D eigenvalue weighted by Crippen LogP contribution is -2.48. The average molecular weight is 353 g/mol. The van der Waals surface area contributed by atoms with E-state index in [-0.39, 0.29) is 24.0 Å². The molecule has 0 N–H and O–H groups in total. The highest BCUT2D eigenvalue weighted by atomic mass is 16.5. The molecule has 2 aromatic rings. The summed E-state index contributed by atoms with van der Waals surface area (Å²) in [5, 5.41) is 0. The van der Waals surface area contributed by atoms with Crippen LogP contribution in [0.15, 0.2) is 41.1 Å². The SMILES string of the molecule is Cc1ocnc1C(=O)N1CC[C@@]23O[C@@H](c4ccccc4)CN2C(=O)C[C@@H]13. The van der Waals surface area contributed by atoms with Crippen LogP contribution in [0.4, 0.5) is 0 Å². The predicted octanol–water partition coefficient (Wildman–Crippen LogP) is 1.90. The van der Waals surface area contributed by atoms with Crippen LogP contribution >= 0.6 is 0 Å². The van der Waals surface area contributed by atoms with Crippen molar-refractivity contribution >= 4 is 11.8 Å². The van der Waals surface area contributed by atoms with E-state index in [9.17, 15) is 9.59 Å². The molecule has 3 fully saturated rings. The summed E-state index contributed by atoms with van der Waals surface area (Å²) in [5.74, 6) is 0.342. The van der Waals surface area contributed by atoms with E-state index in [4.69, 9.17) is 9.15 Å². The van der Waals surface area contributed by atoms with Crippen LogP contribution in [0.5, 0.6) is 0 Å². The number of nitrogens with zero attached hydrogens (tertiary/aromatic N) is 3. The van der Waals surface area contributed by atoms with Crippen molar-refractivity contribution in [1.82, 2.24) is 14.8 Å². The van der Waals surface area contributed by atoms with E-state index in [1.54, 1.807) is 11.8 Å². The van der Waals surface area contributed by atoms with Gasteiger partial charge in [0.1, 0.15) is 11.9 Å². The van der Waals surface area contributed by atoms with Gasteiger partial charge in [-0.15, -0.1) is 0 Å². The Bertz CT molecular complexity index is 880. The first-order valence-corrected chi connectivity index (χ1v) is 8.84. The predicted molar refractivity (Wildman–Crippen MR) is 90.0 cm³/mol. The molecule has 3 atom stereocenters. The number of likely N-dealkylation sites (tertiary alicyclic amines) is 1. The van der Waals surface area contributed by atoms with Crippen LogP contribution in [-0.4, -0.2) is 51.5 Å². The van der Waals surface area contributed by atoms with Crippen molar-refractivity contribution in [2.75, 3.05) is 13.1 Å². The van der Waals surface area contributed by atoms with Gasteiger partial charge >= 0.3 is 0 Å². The molecule has 1 spiro atoms. The Morgan fingerprint density at radius 3 is 2.85 bits per heavy atom. The molecule has 3 aliphatic heterocycles. The molecule has 4 heterocycles. The van der Waals surface area contributed by atoms with Crippen molar-refractivity contribution in [2.45, 2.75) is 37.6 Å². The van der Waals surface area contributed by atoms with Crippen LogP contribution in [0.1, 0.15) is 40.8 Å². The van der Waals surface area contributed by atoms with Crippen molar-refractivity contribution in [1.29, 1.82) is 0 Å². The summed E-state index contributed by atoms with van der Waals surface area (Å²) in [6.07, 6.45) is 2.03. The van der Waals surface area contributed by atoms with Crippen LogP contribution in [0, 0.1) is 6.92 Å². The van der Waals surface area contributed by atoms with E-state index >= 15 is 0 Å². The molecule has 5 rings (SSSR count). The quantitative estimate of drug-likeness (QED) is 0.824. The molecule has 0 radical (unpaired) electrons. The number of amides is 2. The Labute approximate surface area is 150 Å². The zero-order valence-electron chi connectivity index (χ0n) is 14.4. The van der Waals surface area contributed by atoms with Crippen molar-refractivity contribution in [2.24, 2.45) is 0 Å². The molecule has 3 saturated heterocycles. The van der Waals surface area contributed by atoms with E-state index < -0.39 is 5.72 Å². The van der Waals surface area contributed by atoms with Crippen molar-refractivity contribution in [3.05, 3.63) is 53.7 Å². The second-order valence-electron chi connectivity index (χ2n) is 7.09. The molecule has 134 valence electrons. The topological polar surface area (TPSA) is 75.9 Å². The second-order valence-corrected chi connectivity index (χ2v) is 7.09. The molecular formula is C19H19N3O4. The number of ether oxygens (including phenoxy) is 1. The number of aromatic nitrogens is 1. The minimum absolute atomic E-state index is 0.0443. The summed E-state index contributed by atoms with van der Waals surface area (Å²) in [4.78, 5) is 33.2. The number of carbonyl (C=O) groups is 2. The molecule has 1 aromatic heterocycles. The molecule has 0 bridgehead atoms. The minimum Gasteiger partial charge on any atom is -0.448 e. The molecule has 1 aromatic carbocycles. The smallest absolute Gasteiger partial charge is 0.276 e. The normalized spacial score (nSPS) is 30.0. The number of carbonyl (C=O) groups excluding carboxylic acids is 2. The fourth-order valence-corrected chi connectivity index (χ4v) is 4.56. The zero-order valence-corrected chi connectivity index (χ0v) is 14.4. The lowest BCUT2D eigenvalue weighted by molar-refractivity contribution is -0.138. The summed E-state index contributed by atoms with van der Waals surface area (Å²) in [6.45, 7) is 2.79. The third-order valence-electron chi connectivity index (χ3n) is 5.81. The highest BCUT2D eigenvalue weighted by molar-refractivity contribution is 5.95. The van der Waals surface area contributed by atoms with Gasteiger partial charge in [0, 0.05) is 13.0 Å². The van der Waals surface area contributed by atoms with Gasteiger partial charge in [0.25, 0.3) is 5.91 Å². The third-order valence-corrected chi connectivity index (χ3v) is 5.81. The first-order valence-electron chi connectivity index (χ1n) is 8.84. The molecular weight excluding hydrogens is 334 g/mol. The van der Waals surface area contributed by atoms with E-state index in [0.717, 1.165) is 5.56 Å². The summed E-state index contributed by atoms with van der Waals surface area (Å²) >= 11 is 0. The Morgan fingerprint density at radius 2 is 2.12 bits per heavy atom. The summed E-state index contributed by atoms with van der Waals surface area (Å²) in [5.41, 5.74) is 0.649. The molecule has 7 nitrogen and oxygen atoms in total. The Hall–Kier alpha value is -2.67. The van der Waals surface area contributed by atoms with Gasteiger partial charge in [-0.1, -0.05) is 30.3 Å². The lowest BCUT2D eigenvalue weighted by atomic mass is 10.1. The first-order chi connectivity index (χ1) is 12.6. The van der Waals surface area contributed by atoms with Crippen LogP contribution < -0.4 is 0 Å². The molecule has 2 amide bonds. The second kappa shape index (κ2) is 5.41. The zero-order chi connectivity index (χ0) is 17.9. The molecule has 0 unspecified atom stereocenters. The van der Waals surface area contributed by atoms with Crippen LogP contribution in [0.3, 0.4) is 0 Å². The number of benzene rings is 1. The maximum atomic E-state index is 12.9. The van der Waals surface area contributed by atoms with Crippen molar-refractivity contribution < 1.29 is 18.7 Å². The van der Waals surface area contributed by atoms with Gasteiger partial charge in [0.05, 0.1) is 19.0 Å². The standard InChI is InChI=1S/C19H19N3O4/c1-12-17(20-11-25-12)18(24)21-8-7-19-15(21)9-16(23)22(19)10-14(26-19)13-5-3-2-4-6-13/h2-6,11,14-15H,7-10H2,1H3/t14-,15-,19+/m1/s1. The van der Waals surface area contributed by atoms with Gasteiger partial charge in [-0.2, -0.15) is 0 Å². The van der Waals surface area contributed by atoms with Gasteiger partial charge in [-0.25, -0.2) is 4.98 Å². The number of aryl methyl sites for hydroxylation is 1. The molecule has 3 aliphatic rings. The van der Waals surface area contributed by atoms with Gasteiger partial charge < -0.3 is 19.0 Å². The molecule has 0 saturated carbocycles. The van der Waals surface area contributed by atoms with E-state index in [1.807, 2.05) is 35.2 Å². The van der Waals surface area contributed by atoms with Crippen LogP contribution in [0.2, 0.25) is 0 Å². The number of oxazole rings is 1. The number of rotatable bonds is 2. The fourth-order valence-electron chi connectivity index (χ4n) is 4.56. The van der Waals surface area contributed by atoms with Crippen LogP contribution in [0.25, 0.3) is 0 Å². The average Bonchev–Trinajstić information content (AvgIpc) is 3.37. The van der Waals surface area contributed by atoms with Gasteiger partial charge in [-0.05, 0) is 12.5 Å². The summed E-state index contributed by atoms with van der Waals surface area (Å²) in [6, 6.07) is 9.64. The highest BCUT2D eigenvalue weighted by Crippen LogP contribution is 2.50. The van der Waals surface area contributed by atoms with Gasteiger partial charge in [0.15, 0.2) is 17.8 Å². The first kappa shape index (κ1) is 15.6. The lowest BCUT2D eigenvalue weighted by Gasteiger charge is -2.31. The monoisotopic (exact) mass is 353 g/mol. The Morgan fingerprint density at radius 1 is 1.31 bits per heavy atom. The van der Waals surface area contributed by atoms with Crippen molar-refractivity contribution in [3.8, 4) is 0 Å². The number of hydrogen-bond donors (Lipinski definition) is 0. The van der Waals surface area contributed by atoms with Crippen LogP contribution in [-0.2, 0) is 9.53 Å². The van der Waals surface area contributed by atoms with E-state index in [2.05, 4.69) is 4.98 Å². The summed E-state index contributed by atoms with van der Waals surface area (Å²) in [7, 11) is 0. The maximum Gasteiger partial charge on any atom is 0.276 e. The maximum absolute atomic E-state index is 12.9. The largest absolute Gasteiger partial charge is 0.448 e.